The van der Waals surface area contributed by atoms with Gasteiger partial charge >= 0.3 is 0 Å². The maximum atomic E-state index is 12.5. The molecule has 3 heterocycles. The van der Waals surface area contributed by atoms with Crippen molar-refractivity contribution < 1.29 is 17.7 Å². The Hall–Kier alpha value is -1.78. The molecule has 1 atom stereocenters. The summed E-state index contributed by atoms with van der Waals surface area (Å²) < 4.78 is 37.3. The Morgan fingerprint density at radius 2 is 2.33 bits per heavy atom. The average Bonchev–Trinajstić information content (AvgIpc) is 3.25. The average molecular weight is 355 g/mol. The quantitative estimate of drug-likeness (QED) is 0.830. The maximum Gasteiger partial charge on any atom is 0.260 e. The van der Waals surface area contributed by atoms with Gasteiger partial charge in [0, 0.05) is 19.0 Å². The highest BCUT2D eigenvalue weighted by Crippen LogP contribution is 2.21. The number of hydrogen-bond donors (Lipinski definition) is 1. The molecule has 0 radical (unpaired) electrons. The van der Waals surface area contributed by atoms with Crippen LogP contribution in [-0.4, -0.2) is 52.0 Å². The molecule has 1 unspecified atom stereocenters. The van der Waals surface area contributed by atoms with E-state index < -0.39 is 10.0 Å². The Kier molecular flexibility index (Phi) is 4.97. The van der Waals surface area contributed by atoms with Crippen LogP contribution in [0.15, 0.2) is 22.1 Å². The van der Waals surface area contributed by atoms with Crippen LogP contribution in [0.1, 0.15) is 44.3 Å². The van der Waals surface area contributed by atoms with E-state index in [9.17, 15) is 8.42 Å². The lowest BCUT2D eigenvalue weighted by atomic mass is 10.1. The van der Waals surface area contributed by atoms with E-state index >= 15 is 0 Å². The predicted molar refractivity (Wildman–Crippen MR) is 83.5 cm³/mol. The van der Waals surface area contributed by atoms with Gasteiger partial charge in [0.15, 0.2) is 10.9 Å². The molecule has 3 rings (SSSR count). The van der Waals surface area contributed by atoms with Crippen LogP contribution in [0.5, 0.6) is 0 Å². The summed E-state index contributed by atoms with van der Waals surface area (Å²) in [6.07, 6.45) is 3.99. The summed E-state index contributed by atoms with van der Waals surface area (Å²) >= 11 is 0. The Morgan fingerprint density at radius 1 is 1.50 bits per heavy atom. The number of aromatic nitrogens is 4. The minimum Gasteiger partial charge on any atom is -0.367 e. The highest BCUT2D eigenvalue weighted by atomic mass is 32.2. The van der Waals surface area contributed by atoms with Crippen molar-refractivity contribution >= 4 is 10.0 Å². The molecular weight excluding hydrogens is 334 g/mol. The van der Waals surface area contributed by atoms with Crippen LogP contribution in [0.2, 0.25) is 0 Å². The molecule has 1 N–H and O–H groups in total. The van der Waals surface area contributed by atoms with E-state index in [0.29, 0.717) is 24.8 Å². The van der Waals surface area contributed by atoms with Gasteiger partial charge < -0.3 is 14.2 Å². The highest BCUT2D eigenvalue weighted by Gasteiger charge is 2.31. The van der Waals surface area contributed by atoms with Gasteiger partial charge in [0.2, 0.25) is 0 Å². The Bertz CT molecular complexity index is 756. The molecule has 1 saturated heterocycles. The van der Waals surface area contributed by atoms with Gasteiger partial charge in [-0.25, -0.2) is 13.4 Å². The molecule has 2 aromatic heterocycles. The minimum absolute atomic E-state index is 0.0987. The summed E-state index contributed by atoms with van der Waals surface area (Å²) in [5.74, 6) is 1.24. The number of rotatable bonds is 6. The first-order chi connectivity index (χ1) is 11.5. The summed E-state index contributed by atoms with van der Waals surface area (Å²) in [5.41, 5.74) is 0. The summed E-state index contributed by atoms with van der Waals surface area (Å²) in [6, 6.07) is 0. The number of sulfonamides is 1. The molecule has 1 aliphatic rings. The lowest BCUT2D eigenvalue weighted by Crippen LogP contribution is -2.43. The van der Waals surface area contributed by atoms with Crippen molar-refractivity contribution in [3.63, 3.8) is 0 Å². The molecule has 0 amide bonds. The Morgan fingerprint density at radius 3 is 3.00 bits per heavy atom. The normalized spacial score (nSPS) is 19.9. The van der Waals surface area contributed by atoms with Crippen LogP contribution in [0.25, 0.3) is 0 Å². The number of nitrogens with zero attached hydrogens (tertiary/aromatic N) is 4. The van der Waals surface area contributed by atoms with E-state index in [1.165, 1.54) is 16.8 Å². The smallest absolute Gasteiger partial charge is 0.260 e. The van der Waals surface area contributed by atoms with Crippen LogP contribution in [0.3, 0.4) is 0 Å². The van der Waals surface area contributed by atoms with Gasteiger partial charge in [-0.15, -0.1) is 0 Å². The molecule has 0 spiro atoms. The lowest BCUT2D eigenvalue weighted by Gasteiger charge is -2.31. The Labute approximate surface area is 140 Å². The summed E-state index contributed by atoms with van der Waals surface area (Å²) in [6.45, 7) is 4.91. The third-order valence-corrected chi connectivity index (χ3v) is 5.67. The fraction of sp³-hybridized carbons (Fsp3) is 0.643. The van der Waals surface area contributed by atoms with E-state index in [2.05, 4.69) is 20.1 Å². The van der Waals surface area contributed by atoms with Gasteiger partial charge in [-0.2, -0.15) is 9.29 Å². The molecule has 10 heteroatoms. The molecule has 1 aliphatic heterocycles. The molecule has 0 aliphatic carbocycles. The zero-order valence-corrected chi connectivity index (χ0v) is 14.5. The van der Waals surface area contributed by atoms with E-state index in [0.717, 1.165) is 12.8 Å². The largest absolute Gasteiger partial charge is 0.367 e. The van der Waals surface area contributed by atoms with Crippen LogP contribution >= 0.6 is 0 Å². The SMILES string of the molecule is CC(C)c1noc(COC2CCCN(S(=O)(=O)c3cnc[nH]3)C2)n1. The van der Waals surface area contributed by atoms with E-state index in [1.54, 1.807) is 0 Å². The molecular formula is C14H21N5O4S. The third kappa shape index (κ3) is 3.65. The van der Waals surface area contributed by atoms with Gasteiger partial charge in [0.05, 0.1) is 18.6 Å². The highest BCUT2D eigenvalue weighted by molar-refractivity contribution is 7.89. The standard InChI is InChI=1S/C14H21N5O4S/c1-10(2)14-17-12(23-18-14)8-22-11-4-3-5-19(7-11)24(20,21)13-6-15-9-16-13/h6,9-11H,3-5,7-8H2,1-2H3,(H,15,16). The number of ether oxygens (including phenoxy) is 1. The first kappa shape index (κ1) is 17.1. The zero-order valence-electron chi connectivity index (χ0n) is 13.7. The number of nitrogens with one attached hydrogen (secondary N) is 1. The fourth-order valence-corrected chi connectivity index (χ4v) is 3.94. The molecule has 0 bridgehead atoms. The third-order valence-electron chi connectivity index (χ3n) is 3.87. The number of H-pyrrole nitrogens is 1. The second kappa shape index (κ2) is 6.99. The van der Waals surface area contributed by atoms with Gasteiger partial charge in [-0.3, -0.25) is 0 Å². The zero-order chi connectivity index (χ0) is 17.2. The van der Waals surface area contributed by atoms with E-state index in [1.807, 2.05) is 13.8 Å². The second-order valence-corrected chi connectivity index (χ2v) is 7.96. The molecule has 0 aromatic carbocycles. The van der Waals surface area contributed by atoms with Gasteiger partial charge in [0.25, 0.3) is 15.9 Å². The van der Waals surface area contributed by atoms with Gasteiger partial charge in [0.1, 0.15) is 6.61 Å². The van der Waals surface area contributed by atoms with Crippen LogP contribution in [0, 0.1) is 0 Å². The Balaban J connectivity index is 1.59. The van der Waals surface area contributed by atoms with Crippen molar-refractivity contribution in [2.75, 3.05) is 13.1 Å². The maximum absolute atomic E-state index is 12.5. The molecule has 132 valence electrons. The van der Waals surface area contributed by atoms with Crippen molar-refractivity contribution in [1.82, 2.24) is 24.4 Å². The monoisotopic (exact) mass is 355 g/mol. The second-order valence-electron chi connectivity index (χ2n) is 6.06. The molecule has 0 saturated carbocycles. The van der Waals surface area contributed by atoms with Crippen molar-refractivity contribution in [3.05, 3.63) is 24.2 Å². The van der Waals surface area contributed by atoms with Crippen LogP contribution < -0.4 is 0 Å². The molecule has 24 heavy (non-hydrogen) atoms. The number of aromatic amines is 1. The van der Waals surface area contributed by atoms with Crippen molar-refractivity contribution in [2.45, 2.75) is 50.3 Å². The van der Waals surface area contributed by atoms with E-state index in [4.69, 9.17) is 9.26 Å². The van der Waals surface area contributed by atoms with Crippen molar-refractivity contribution in [3.8, 4) is 0 Å². The molecule has 1 fully saturated rings. The summed E-state index contributed by atoms with van der Waals surface area (Å²) in [4.78, 5) is 10.7. The fourth-order valence-electron chi connectivity index (χ4n) is 2.53. The lowest BCUT2D eigenvalue weighted by molar-refractivity contribution is -0.00299. The van der Waals surface area contributed by atoms with Gasteiger partial charge in [-0.1, -0.05) is 19.0 Å². The predicted octanol–water partition coefficient (Wildman–Crippen LogP) is 1.29. The van der Waals surface area contributed by atoms with Crippen LogP contribution in [-0.2, 0) is 21.4 Å². The van der Waals surface area contributed by atoms with Crippen LogP contribution in [0.4, 0.5) is 0 Å². The number of imidazole rings is 1. The summed E-state index contributed by atoms with van der Waals surface area (Å²) in [5, 5.41) is 3.98. The first-order valence-electron chi connectivity index (χ1n) is 7.89. The minimum atomic E-state index is -3.56. The first-order valence-corrected chi connectivity index (χ1v) is 9.33. The number of hydrogen-bond acceptors (Lipinski definition) is 7. The summed E-state index contributed by atoms with van der Waals surface area (Å²) in [7, 11) is -3.56. The number of piperidine rings is 1. The van der Waals surface area contributed by atoms with Crippen molar-refractivity contribution in [2.24, 2.45) is 0 Å². The molecule has 9 nitrogen and oxygen atoms in total. The van der Waals surface area contributed by atoms with E-state index in [-0.39, 0.29) is 23.7 Å². The van der Waals surface area contributed by atoms with Gasteiger partial charge in [-0.05, 0) is 12.8 Å². The topological polar surface area (TPSA) is 114 Å². The van der Waals surface area contributed by atoms with Crippen molar-refractivity contribution in [1.29, 1.82) is 0 Å². The molecule has 2 aromatic rings.